The number of halogens is 1. The van der Waals surface area contributed by atoms with Crippen LogP contribution < -0.4 is 5.32 Å². The van der Waals surface area contributed by atoms with Crippen LogP contribution in [0.4, 0.5) is 4.79 Å². The largest absolute Gasteiger partial charge is 0.494 e. The molecule has 0 bridgehead atoms. The normalized spacial score (nSPS) is 17.7. The molecule has 0 saturated heterocycles. The van der Waals surface area contributed by atoms with Crippen molar-refractivity contribution in [1.29, 1.82) is 0 Å². The second kappa shape index (κ2) is 8.71. The number of hydrogen-bond acceptors (Lipinski definition) is 5. The molecule has 0 radical (unpaired) electrons. The molecular weight excluding hydrogens is 482 g/mol. The van der Waals surface area contributed by atoms with E-state index >= 15 is 0 Å². The number of methoxy groups -OCH3 is 1. The van der Waals surface area contributed by atoms with Gasteiger partial charge in [-0.3, -0.25) is 0 Å². The van der Waals surface area contributed by atoms with Gasteiger partial charge in [0.2, 0.25) is 0 Å². The minimum Gasteiger partial charge on any atom is -0.494 e. The van der Waals surface area contributed by atoms with Gasteiger partial charge in [-0.1, -0.05) is 22.0 Å². The summed E-state index contributed by atoms with van der Waals surface area (Å²) >= 11 is 3.52. The third-order valence-electron chi connectivity index (χ3n) is 5.37. The lowest BCUT2D eigenvalue weighted by Gasteiger charge is -2.20. The maximum atomic E-state index is 13.2. The molecule has 0 spiro atoms. The fourth-order valence-corrected chi connectivity index (χ4v) is 4.15. The molecule has 4 rings (SSSR count). The first kappa shape index (κ1) is 23.1. The standard InChI is InChI=1S/C26H28BrN3O3/c1-15-7-8-16(2)28-19(15)13-21-24(32-6)14-20(29-21)23-12-17-11-18(27)9-10-22(17)30(23)25(31)33-26(3,4)5/h8-14,28H,7H2,1-6H3/b21-13-. The number of aliphatic imine (C=N–C) groups is 1. The summed E-state index contributed by atoms with van der Waals surface area (Å²) in [4.78, 5) is 18.1. The second-order valence-corrected chi connectivity index (χ2v) is 10.1. The maximum absolute atomic E-state index is 13.2. The van der Waals surface area contributed by atoms with Crippen LogP contribution in [0, 0.1) is 0 Å². The Hall–Kier alpha value is -3.06. The van der Waals surface area contributed by atoms with E-state index in [0.29, 0.717) is 22.9 Å². The van der Waals surface area contributed by atoms with Crippen molar-refractivity contribution < 1.29 is 14.3 Å². The predicted molar refractivity (Wildman–Crippen MR) is 135 cm³/mol. The first-order chi connectivity index (χ1) is 15.6. The lowest BCUT2D eigenvalue weighted by Crippen LogP contribution is -2.28. The minimum absolute atomic E-state index is 0.449. The van der Waals surface area contributed by atoms with E-state index in [2.05, 4.69) is 34.2 Å². The Balaban J connectivity index is 1.84. The number of ether oxygens (including phenoxy) is 2. The number of fused-ring (bicyclic) bond motifs is 1. The zero-order valence-corrected chi connectivity index (χ0v) is 21.3. The van der Waals surface area contributed by atoms with E-state index < -0.39 is 11.7 Å². The van der Waals surface area contributed by atoms with Gasteiger partial charge in [0.05, 0.1) is 24.0 Å². The molecule has 1 aromatic heterocycles. The monoisotopic (exact) mass is 509 g/mol. The summed E-state index contributed by atoms with van der Waals surface area (Å²) in [5.41, 5.74) is 5.45. The molecule has 0 amide bonds. The van der Waals surface area contributed by atoms with Crippen LogP contribution in [0.3, 0.4) is 0 Å². The minimum atomic E-state index is -0.627. The third kappa shape index (κ3) is 4.83. The molecule has 1 aromatic carbocycles. The van der Waals surface area contributed by atoms with E-state index in [0.717, 1.165) is 33.2 Å². The van der Waals surface area contributed by atoms with Gasteiger partial charge in [0.1, 0.15) is 17.1 Å². The highest BCUT2D eigenvalue weighted by molar-refractivity contribution is 9.10. The summed E-state index contributed by atoms with van der Waals surface area (Å²) in [6.45, 7) is 9.70. The Morgan fingerprint density at radius 1 is 1.24 bits per heavy atom. The van der Waals surface area contributed by atoms with Crippen LogP contribution in [0.25, 0.3) is 10.9 Å². The molecule has 7 heteroatoms. The number of nitrogens with one attached hydrogen (secondary N) is 1. The molecule has 2 aliphatic heterocycles. The van der Waals surface area contributed by atoms with E-state index in [9.17, 15) is 4.79 Å². The predicted octanol–water partition coefficient (Wildman–Crippen LogP) is 6.58. The Morgan fingerprint density at radius 3 is 2.70 bits per heavy atom. The van der Waals surface area contributed by atoms with Crippen LogP contribution in [-0.2, 0) is 9.47 Å². The number of nitrogens with zero attached hydrogens (tertiary/aromatic N) is 2. The summed E-state index contributed by atoms with van der Waals surface area (Å²) in [7, 11) is 1.62. The van der Waals surface area contributed by atoms with Gasteiger partial charge in [-0.05, 0) is 77.0 Å². The van der Waals surface area contributed by atoms with Crippen LogP contribution in [-0.4, -0.2) is 29.1 Å². The first-order valence-electron chi connectivity index (χ1n) is 10.8. The van der Waals surface area contributed by atoms with Crippen molar-refractivity contribution in [3.63, 3.8) is 0 Å². The van der Waals surface area contributed by atoms with Crippen molar-refractivity contribution >= 4 is 38.6 Å². The van der Waals surface area contributed by atoms with Gasteiger partial charge in [0.25, 0.3) is 0 Å². The highest BCUT2D eigenvalue weighted by Crippen LogP contribution is 2.30. The lowest BCUT2D eigenvalue weighted by atomic mass is 10.1. The quantitative estimate of drug-likeness (QED) is 0.507. The molecule has 0 unspecified atom stereocenters. The van der Waals surface area contributed by atoms with Gasteiger partial charge < -0.3 is 14.8 Å². The van der Waals surface area contributed by atoms with E-state index in [4.69, 9.17) is 14.5 Å². The number of hydrogen-bond donors (Lipinski definition) is 1. The Morgan fingerprint density at radius 2 is 2.00 bits per heavy atom. The molecule has 2 aliphatic rings. The fraction of sp³-hybridized carbons (Fsp3) is 0.308. The van der Waals surface area contributed by atoms with Crippen LogP contribution in [0.5, 0.6) is 0 Å². The molecule has 0 saturated carbocycles. The molecule has 0 fully saturated rings. The van der Waals surface area contributed by atoms with Crippen molar-refractivity contribution in [2.75, 3.05) is 7.11 Å². The van der Waals surface area contributed by atoms with Gasteiger partial charge in [-0.2, -0.15) is 0 Å². The van der Waals surface area contributed by atoms with Crippen LogP contribution in [0.2, 0.25) is 0 Å². The summed E-state index contributed by atoms with van der Waals surface area (Å²) in [6, 6.07) is 7.73. The average molecular weight is 510 g/mol. The van der Waals surface area contributed by atoms with Crippen LogP contribution in [0.1, 0.15) is 46.7 Å². The fourth-order valence-electron chi connectivity index (χ4n) is 3.77. The molecule has 6 nitrogen and oxygen atoms in total. The lowest BCUT2D eigenvalue weighted by molar-refractivity contribution is 0.0544. The molecule has 2 aromatic rings. The number of carbonyl (C=O) groups is 1. The SMILES string of the molecule is COC1=CC(c2cc3cc(Br)ccc3n2C(=O)OC(C)(C)C)=N/C1=C\C1=C(C)CC=C(C)N1. The van der Waals surface area contributed by atoms with Crippen molar-refractivity contribution in [2.24, 2.45) is 4.99 Å². The molecule has 172 valence electrons. The molecule has 3 heterocycles. The van der Waals surface area contributed by atoms with E-state index in [1.807, 2.05) is 64.1 Å². The van der Waals surface area contributed by atoms with Gasteiger partial charge >= 0.3 is 6.09 Å². The number of benzene rings is 1. The maximum Gasteiger partial charge on any atom is 0.419 e. The van der Waals surface area contributed by atoms with Crippen LogP contribution in [0.15, 0.2) is 80.4 Å². The first-order valence-corrected chi connectivity index (χ1v) is 11.6. The topological polar surface area (TPSA) is 64.8 Å². The Labute approximate surface area is 202 Å². The van der Waals surface area contributed by atoms with Gasteiger partial charge in [-0.25, -0.2) is 14.4 Å². The van der Waals surface area contributed by atoms with Gasteiger partial charge in [-0.15, -0.1) is 0 Å². The van der Waals surface area contributed by atoms with Crippen molar-refractivity contribution in [2.45, 2.75) is 46.6 Å². The van der Waals surface area contributed by atoms with Crippen LogP contribution >= 0.6 is 15.9 Å². The number of dihydropyridines is 1. The number of allylic oxidation sites excluding steroid dienone is 5. The highest BCUT2D eigenvalue weighted by atomic mass is 79.9. The summed E-state index contributed by atoms with van der Waals surface area (Å²) in [5.74, 6) is 0.640. The molecule has 0 atom stereocenters. The molecule has 0 aliphatic carbocycles. The van der Waals surface area contributed by atoms with Crippen molar-refractivity contribution in [1.82, 2.24) is 9.88 Å². The zero-order valence-electron chi connectivity index (χ0n) is 19.7. The van der Waals surface area contributed by atoms with Gasteiger partial charge in [0, 0.05) is 27.3 Å². The highest BCUT2D eigenvalue weighted by Gasteiger charge is 2.27. The summed E-state index contributed by atoms with van der Waals surface area (Å²) in [5, 5.41) is 4.31. The van der Waals surface area contributed by atoms with E-state index in [1.165, 1.54) is 5.57 Å². The zero-order chi connectivity index (χ0) is 23.9. The summed E-state index contributed by atoms with van der Waals surface area (Å²) in [6.07, 6.45) is 6.45. The molecule has 1 N–H and O–H groups in total. The van der Waals surface area contributed by atoms with Crippen molar-refractivity contribution in [3.8, 4) is 0 Å². The number of aromatic nitrogens is 1. The summed E-state index contributed by atoms with van der Waals surface area (Å²) < 4.78 is 13.9. The van der Waals surface area contributed by atoms with Crippen molar-refractivity contribution in [3.05, 3.63) is 81.1 Å². The Kier molecular flexibility index (Phi) is 6.10. The average Bonchev–Trinajstić information content (AvgIpc) is 3.30. The smallest absolute Gasteiger partial charge is 0.419 e. The Bertz CT molecular complexity index is 1300. The molecule has 33 heavy (non-hydrogen) atoms. The second-order valence-electron chi connectivity index (χ2n) is 9.20. The van der Waals surface area contributed by atoms with E-state index in [1.54, 1.807) is 11.7 Å². The van der Waals surface area contributed by atoms with Gasteiger partial charge in [0.15, 0.2) is 0 Å². The number of carbonyl (C=O) groups excluding carboxylic acids is 1. The number of rotatable bonds is 3. The van der Waals surface area contributed by atoms with E-state index in [-0.39, 0.29) is 0 Å². The molecular formula is C26H28BrN3O3. The third-order valence-corrected chi connectivity index (χ3v) is 5.86.